The number of pyridine rings is 1. The first kappa shape index (κ1) is 13.3. The number of rotatable bonds is 1. The molecule has 0 unspecified atom stereocenters. The first-order chi connectivity index (χ1) is 9.99. The molecule has 0 aliphatic carbocycles. The van der Waals surface area contributed by atoms with Crippen LogP contribution in [0.5, 0.6) is 0 Å². The predicted octanol–water partition coefficient (Wildman–Crippen LogP) is 4.00. The third kappa shape index (κ3) is 2.36. The number of alkyl halides is 3. The van der Waals surface area contributed by atoms with Crippen molar-refractivity contribution in [2.24, 2.45) is 0 Å². The van der Waals surface area contributed by atoms with Gasteiger partial charge in [-0.15, -0.1) is 6.42 Å². The summed E-state index contributed by atoms with van der Waals surface area (Å²) in [7, 11) is 0. The van der Waals surface area contributed by atoms with E-state index >= 15 is 0 Å². The smallest absolute Gasteiger partial charge is 0.292 e. The third-order valence-corrected chi connectivity index (χ3v) is 3.20. The van der Waals surface area contributed by atoms with Crippen molar-refractivity contribution >= 4 is 5.65 Å². The van der Waals surface area contributed by atoms with Crippen molar-refractivity contribution in [3.8, 4) is 23.5 Å². The summed E-state index contributed by atoms with van der Waals surface area (Å²) in [6, 6.07) is 8.58. The summed E-state index contributed by atoms with van der Waals surface area (Å²) >= 11 is 0. The van der Waals surface area contributed by atoms with Gasteiger partial charge in [0.15, 0.2) is 0 Å². The molecule has 0 aliphatic heterocycles. The van der Waals surface area contributed by atoms with Crippen molar-refractivity contribution in [3.63, 3.8) is 0 Å². The topological polar surface area (TPSA) is 17.3 Å². The van der Waals surface area contributed by atoms with E-state index in [-0.39, 0.29) is 0 Å². The van der Waals surface area contributed by atoms with Crippen molar-refractivity contribution < 1.29 is 13.2 Å². The van der Waals surface area contributed by atoms with Crippen LogP contribution in [0.3, 0.4) is 0 Å². The van der Waals surface area contributed by atoms with Gasteiger partial charge in [-0.25, -0.2) is 4.98 Å². The van der Waals surface area contributed by atoms with Gasteiger partial charge in [0.2, 0.25) is 0 Å². The van der Waals surface area contributed by atoms with Gasteiger partial charge in [-0.05, 0) is 35.4 Å². The lowest BCUT2D eigenvalue weighted by Crippen LogP contribution is -2.04. The van der Waals surface area contributed by atoms with Gasteiger partial charge in [0.25, 0.3) is 0 Å². The standard InChI is InChI=1S/C16H9F3N2/c1-2-14-9-20-15-8-5-12(10-21(14)15)11-3-6-13(7-4-11)16(17,18)19/h1,3-10H. The van der Waals surface area contributed by atoms with Gasteiger partial charge in [-0.2, -0.15) is 13.2 Å². The molecule has 0 bridgehead atoms. The summed E-state index contributed by atoms with van der Waals surface area (Å²) < 4.78 is 39.4. The molecule has 3 rings (SSSR count). The predicted molar refractivity (Wildman–Crippen MR) is 73.6 cm³/mol. The molecule has 0 aliphatic rings. The Hall–Kier alpha value is -2.74. The van der Waals surface area contributed by atoms with Crippen LogP contribution in [0.2, 0.25) is 0 Å². The number of benzene rings is 1. The van der Waals surface area contributed by atoms with Gasteiger partial charge >= 0.3 is 6.18 Å². The number of nitrogens with zero attached hydrogens (tertiary/aromatic N) is 2. The van der Waals surface area contributed by atoms with Gasteiger partial charge in [-0.3, -0.25) is 4.40 Å². The van der Waals surface area contributed by atoms with Crippen LogP contribution < -0.4 is 0 Å². The molecule has 2 nitrogen and oxygen atoms in total. The van der Waals surface area contributed by atoms with Gasteiger partial charge in [-0.1, -0.05) is 18.1 Å². The van der Waals surface area contributed by atoms with Gasteiger partial charge in [0, 0.05) is 6.20 Å². The highest BCUT2D eigenvalue weighted by Gasteiger charge is 2.29. The van der Waals surface area contributed by atoms with E-state index in [2.05, 4.69) is 10.9 Å². The maximum atomic E-state index is 12.6. The molecule has 1 aromatic carbocycles. The number of hydrogen-bond acceptors (Lipinski definition) is 1. The van der Waals surface area contributed by atoms with Crippen molar-refractivity contribution in [2.45, 2.75) is 6.18 Å². The number of terminal acetylenes is 1. The minimum Gasteiger partial charge on any atom is -0.292 e. The molecule has 0 radical (unpaired) electrons. The molecule has 0 spiro atoms. The summed E-state index contributed by atoms with van der Waals surface area (Å²) in [5, 5.41) is 0. The second-order valence-corrected chi connectivity index (χ2v) is 4.51. The van der Waals surface area contributed by atoms with Crippen LogP contribution in [-0.4, -0.2) is 9.38 Å². The summed E-state index contributed by atoms with van der Waals surface area (Å²) in [6.07, 6.45) is 4.39. The molecule has 0 amide bonds. The highest BCUT2D eigenvalue weighted by molar-refractivity contribution is 5.65. The van der Waals surface area contributed by atoms with Gasteiger partial charge in [0.05, 0.1) is 11.8 Å². The maximum absolute atomic E-state index is 12.6. The summed E-state index contributed by atoms with van der Waals surface area (Å²) in [5.41, 5.74) is 2.07. The Labute approximate surface area is 118 Å². The Bertz CT molecular complexity index is 837. The largest absolute Gasteiger partial charge is 0.416 e. The van der Waals surface area contributed by atoms with Crippen molar-refractivity contribution in [1.82, 2.24) is 9.38 Å². The minimum absolute atomic E-state index is 0.596. The second-order valence-electron chi connectivity index (χ2n) is 4.51. The fourth-order valence-electron chi connectivity index (χ4n) is 2.11. The Kier molecular flexibility index (Phi) is 2.95. The molecule has 0 fully saturated rings. The molecule has 3 aromatic rings. The van der Waals surface area contributed by atoms with Gasteiger partial charge < -0.3 is 0 Å². The van der Waals surface area contributed by atoms with E-state index in [1.165, 1.54) is 12.1 Å². The van der Waals surface area contributed by atoms with E-state index < -0.39 is 11.7 Å². The number of aromatic nitrogens is 2. The Balaban J connectivity index is 2.06. The zero-order valence-electron chi connectivity index (χ0n) is 10.7. The summed E-state index contributed by atoms with van der Waals surface area (Å²) in [5.74, 6) is 2.51. The van der Waals surface area contributed by atoms with Crippen LogP contribution >= 0.6 is 0 Å². The van der Waals surface area contributed by atoms with E-state index in [1.807, 2.05) is 0 Å². The lowest BCUT2D eigenvalue weighted by Gasteiger charge is -2.08. The Morgan fingerprint density at radius 3 is 2.29 bits per heavy atom. The third-order valence-electron chi connectivity index (χ3n) is 3.20. The lowest BCUT2D eigenvalue weighted by atomic mass is 10.1. The minimum atomic E-state index is -4.33. The first-order valence-corrected chi connectivity index (χ1v) is 6.10. The fourth-order valence-corrected chi connectivity index (χ4v) is 2.11. The Morgan fingerprint density at radius 1 is 1.00 bits per heavy atom. The first-order valence-electron chi connectivity index (χ1n) is 6.10. The highest BCUT2D eigenvalue weighted by Crippen LogP contribution is 2.31. The fraction of sp³-hybridized carbons (Fsp3) is 0.0625. The average Bonchev–Trinajstić information content (AvgIpc) is 2.88. The van der Waals surface area contributed by atoms with Gasteiger partial charge in [0.1, 0.15) is 11.3 Å². The highest BCUT2D eigenvalue weighted by atomic mass is 19.4. The van der Waals surface area contributed by atoms with E-state index in [0.29, 0.717) is 16.9 Å². The molecule has 0 saturated carbocycles. The number of hydrogen-bond donors (Lipinski definition) is 0. The Morgan fingerprint density at radius 2 is 1.67 bits per heavy atom. The number of halogens is 3. The molecule has 0 N–H and O–H groups in total. The van der Waals surface area contributed by atoms with Crippen LogP contribution in [0, 0.1) is 12.3 Å². The van der Waals surface area contributed by atoms with Crippen LogP contribution in [0.25, 0.3) is 16.8 Å². The molecule has 104 valence electrons. The second kappa shape index (κ2) is 4.67. The van der Waals surface area contributed by atoms with E-state index in [1.54, 1.807) is 28.9 Å². The maximum Gasteiger partial charge on any atom is 0.416 e. The molecular formula is C16H9F3N2. The summed E-state index contributed by atoms with van der Waals surface area (Å²) in [4.78, 5) is 4.14. The van der Waals surface area contributed by atoms with E-state index in [4.69, 9.17) is 6.42 Å². The van der Waals surface area contributed by atoms with Crippen molar-refractivity contribution in [1.29, 1.82) is 0 Å². The quantitative estimate of drug-likeness (QED) is 0.618. The molecular weight excluding hydrogens is 277 g/mol. The lowest BCUT2D eigenvalue weighted by molar-refractivity contribution is -0.137. The van der Waals surface area contributed by atoms with Crippen LogP contribution in [0.1, 0.15) is 11.3 Å². The van der Waals surface area contributed by atoms with Crippen LogP contribution in [0.4, 0.5) is 13.2 Å². The zero-order valence-corrected chi connectivity index (χ0v) is 10.7. The van der Waals surface area contributed by atoms with E-state index in [0.717, 1.165) is 17.7 Å². The van der Waals surface area contributed by atoms with Crippen molar-refractivity contribution in [2.75, 3.05) is 0 Å². The number of imidazole rings is 1. The van der Waals surface area contributed by atoms with Crippen molar-refractivity contribution in [3.05, 3.63) is 60.0 Å². The molecule has 5 heteroatoms. The average molecular weight is 286 g/mol. The summed E-state index contributed by atoms with van der Waals surface area (Å²) in [6.45, 7) is 0. The van der Waals surface area contributed by atoms with Crippen LogP contribution in [-0.2, 0) is 6.18 Å². The van der Waals surface area contributed by atoms with E-state index in [9.17, 15) is 13.2 Å². The SMILES string of the molecule is C#Cc1cnc2ccc(-c3ccc(C(F)(F)F)cc3)cn12. The monoisotopic (exact) mass is 286 g/mol. The normalized spacial score (nSPS) is 11.5. The molecule has 2 heterocycles. The molecule has 2 aromatic heterocycles. The number of fused-ring (bicyclic) bond motifs is 1. The molecule has 0 atom stereocenters. The molecule has 0 saturated heterocycles. The zero-order chi connectivity index (χ0) is 15.0. The molecule has 21 heavy (non-hydrogen) atoms. The van der Waals surface area contributed by atoms with Crippen LogP contribution in [0.15, 0.2) is 48.8 Å².